The fourth-order valence-electron chi connectivity index (χ4n) is 4.30. The Kier molecular flexibility index (Phi) is 7.13. The monoisotopic (exact) mass is 518 g/mol. The molecule has 0 spiro atoms. The molecule has 1 aliphatic heterocycles. The molecule has 2 aromatic heterocycles. The van der Waals surface area contributed by atoms with Crippen LogP contribution < -0.4 is 5.32 Å². The van der Waals surface area contributed by atoms with E-state index in [0.717, 1.165) is 19.2 Å². The first-order valence-corrected chi connectivity index (χ1v) is 12.1. The Balaban J connectivity index is 1.32. The number of hydrogen-bond donors (Lipinski definition) is 1. The van der Waals surface area contributed by atoms with E-state index in [4.69, 9.17) is 0 Å². The van der Waals surface area contributed by atoms with Crippen LogP contribution in [0.15, 0.2) is 67.0 Å². The van der Waals surface area contributed by atoms with Gasteiger partial charge < -0.3 is 10.2 Å². The van der Waals surface area contributed by atoms with E-state index in [2.05, 4.69) is 32.1 Å². The summed E-state index contributed by atoms with van der Waals surface area (Å²) < 4.78 is 43.3. The minimum absolute atomic E-state index is 0.0812. The lowest BCUT2D eigenvalue weighted by Gasteiger charge is -2.33. The molecule has 5 rings (SSSR count). The van der Waals surface area contributed by atoms with Gasteiger partial charge in [-0.05, 0) is 61.0 Å². The molecule has 0 saturated carbocycles. The number of amides is 1. The lowest BCUT2D eigenvalue weighted by Crippen LogP contribution is -2.44. The predicted octanol–water partition coefficient (Wildman–Crippen LogP) is 4.15. The van der Waals surface area contributed by atoms with E-state index in [0.29, 0.717) is 30.0 Å². The topological polar surface area (TPSA) is 65.8 Å². The Morgan fingerprint density at radius 3 is 2.63 bits per heavy atom. The minimum atomic E-state index is -4.54. The standard InChI is InChI=1S/C28H25F3N6O/c1-35-12-14-36(15-13-35)19-22-8-9-23(17-25(22)28(29,30)31)34-27(38)21-5-2-4-20(16-21)7-10-24-18-32-26-6-3-11-33-37(24)26/h2-6,8-9,11,16-18H,12-15,19H2,1H3,(H,34,38). The number of anilines is 1. The molecule has 0 bridgehead atoms. The van der Waals surface area contributed by atoms with Crippen LogP contribution in [0.1, 0.15) is 32.7 Å². The fourth-order valence-corrected chi connectivity index (χ4v) is 4.30. The number of fused-ring (bicyclic) bond motifs is 1. The van der Waals surface area contributed by atoms with Gasteiger partial charge in [-0.15, -0.1) is 0 Å². The van der Waals surface area contributed by atoms with Crippen molar-refractivity contribution in [1.29, 1.82) is 0 Å². The predicted molar refractivity (Wildman–Crippen MR) is 138 cm³/mol. The van der Waals surface area contributed by atoms with Crippen LogP contribution in [0.4, 0.5) is 18.9 Å². The van der Waals surface area contributed by atoms with Crippen LogP contribution in [0.5, 0.6) is 0 Å². The lowest BCUT2D eigenvalue weighted by molar-refractivity contribution is -0.138. The van der Waals surface area contributed by atoms with Crippen LogP contribution in [0.3, 0.4) is 0 Å². The van der Waals surface area contributed by atoms with Gasteiger partial charge >= 0.3 is 6.18 Å². The van der Waals surface area contributed by atoms with Gasteiger partial charge in [0.05, 0.1) is 11.8 Å². The van der Waals surface area contributed by atoms with Crippen molar-refractivity contribution in [3.63, 3.8) is 0 Å². The molecule has 1 aliphatic rings. The van der Waals surface area contributed by atoms with Crippen LogP contribution in [-0.4, -0.2) is 63.5 Å². The second kappa shape index (κ2) is 10.7. The average molecular weight is 519 g/mol. The molecular weight excluding hydrogens is 493 g/mol. The smallest absolute Gasteiger partial charge is 0.322 e. The highest BCUT2D eigenvalue weighted by atomic mass is 19.4. The molecule has 0 radical (unpaired) electrons. The molecule has 194 valence electrons. The number of likely N-dealkylation sites (N-methyl/N-ethyl adjacent to an activating group) is 1. The van der Waals surface area contributed by atoms with Gasteiger partial charge in [0.15, 0.2) is 5.65 Å². The van der Waals surface area contributed by atoms with Gasteiger partial charge in [-0.1, -0.05) is 18.1 Å². The quantitative estimate of drug-likeness (QED) is 0.412. The number of aromatic nitrogens is 3. The molecule has 1 saturated heterocycles. The molecule has 1 fully saturated rings. The van der Waals surface area contributed by atoms with E-state index < -0.39 is 17.6 Å². The van der Waals surface area contributed by atoms with Gasteiger partial charge in [0, 0.05) is 55.7 Å². The Hall–Kier alpha value is -4.20. The zero-order chi connectivity index (χ0) is 26.7. The zero-order valence-electron chi connectivity index (χ0n) is 20.7. The Morgan fingerprint density at radius 2 is 1.84 bits per heavy atom. The van der Waals surface area contributed by atoms with Gasteiger partial charge in [-0.3, -0.25) is 9.69 Å². The molecule has 7 nitrogen and oxygen atoms in total. The van der Waals surface area contributed by atoms with Crippen molar-refractivity contribution >= 4 is 17.2 Å². The van der Waals surface area contributed by atoms with Crippen molar-refractivity contribution in [2.24, 2.45) is 0 Å². The van der Waals surface area contributed by atoms with Crippen LogP contribution in [-0.2, 0) is 12.7 Å². The number of alkyl halides is 3. The number of halogens is 3. The summed E-state index contributed by atoms with van der Waals surface area (Å²) in [6, 6.07) is 14.1. The lowest BCUT2D eigenvalue weighted by atomic mass is 10.0. The third kappa shape index (κ3) is 5.85. The highest BCUT2D eigenvalue weighted by Gasteiger charge is 2.34. The van der Waals surface area contributed by atoms with E-state index >= 15 is 0 Å². The third-order valence-corrected chi connectivity index (χ3v) is 6.40. The molecule has 0 atom stereocenters. The van der Waals surface area contributed by atoms with Gasteiger partial charge in [-0.2, -0.15) is 18.3 Å². The SMILES string of the molecule is CN1CCN(Cc2ccc(NC(=O)c3cccc(C#Cc4cnc5cccnn45)c3)cc2C(F)(F)F)CC1. The maximum atomic E-state index is 13.9. The summed E-state index contributed by atoms with van der Waals surface area (Å²) in [5.74, 6) is 5.46. The van der Waals surface area contributed by atoms with Gasteiger partial charge in [-0.25, -0.2) is 9.50 Å². The highest BCUT2D eigenvalue weighted by Crippen LogP contribution is 2.34. The first-order chi connectivity index (χ1) is 18.3. The van der Waals surface area contributed by atoms with Gasteiger partial charge in [0.1, 0.15) is 5.69 Å². The number of carbonyl (C=O) groups excluding carboxylic acids is 1. The maximum Gasteiger partial charge on any atom is 0.416 e. The first kappa shape index (κ1) is 25.4. The van der Waals surface area contributed by atoms with Crippen LogP contribution in [0.2, 0.25) is 0 Å². The molecule has 1 N–H and O–H groups in total. The number of piperazine rings is 1. The molecule has 1 amide bonds. The Labute approximate surface area is 217 Å². The first-order valence-electron chi connectivity index (χ1n) is 12.1. The summed E-state index contributed by atoms with van der Waals surface area (Å²) in [5.41, 5.74) is 1.64. The van der Waals surface area contributed by atoms with Gasteiger partial charge in [0.25, 0.3) is 5.91 Å². The normalized spacial score (nSPS) is 14.7. The van der Waals surface area contributed by atoms with E-state index in [1.165, 1.54) is 12.1 Å². The summed E-state index contributed by atoms with van der Waals surface area (Å²) in [5, 5.41) is 6.81. The summed E-state index contributed by atoms with van der Waals surface area (Å²) >= 11 is 0. The van der Waals surface area contributed by atoms with E-state index in [1.807, 2.05) is 18.0 Å². The Bertz CT molecular complexity index is 1530. The van der Waals surface area contributed by atoms with Crippen LogP contribution in [0, 0.1) is 11.8 Å². The zero-order valence-corrected chi connectivity index (χ0v) is 20.7. The van der Waals surface area contributed by atoms with Crippen LogP contribution >= 0.6 is 0 Å². The molecule has 4 aromatic rings. The number of nitrogens with zero attached hydrogens (tertiary/aromatic N) is 5. The van der Waals surface area contributed by atoms with E-state index in [1.54, 1.807) is 47.2 Å². The summed E-state index contributed by atoms with van der Waals surface area (Å²) in [6.45, 7) is 3.25. The number of rotatable bonds is 4. The van der Waals surface area contributed by atoms with Crippen molar-refractivity contribution in [3.05, 3.63) is 94.9 Å². The number of nitrogens with one attached hydrogen (secondary N) is 1. The van der Waals surface area contributed by atoms with Gasteiger partial charge in [0.2, 0.25) is 0 Å². The molecule has 38 heavy (non-hydrogen) atoms. The summed E-state index contributed by atoms with van der Waals surface area (Å²) in [7, 11) is 2.00. The number of hydrogen-bond acceptors (Lipinski definition) is 5. The molecule has 2 aromatic carbocycles. The van der Waals surface area contributed by atoms with Crippen LogP contribution in [0.25, 0.3) is 5.65 Å². The van der Waals surface area contributed by atoms with Crippen molar-refractivity contribution in [2.75, 3.05) is 38.5 Å². The Morgan fingerprint density at radius 1 is 1.03 bits per heavy atom. The molecule has 10 heteroatoms. The number of imidazole rings is 1. The average Bonchev–Trinajstić information content (AvgIpc) is 3.32. The molecular formula is C28H25F3N6O. The van der Waals surface area contributed by atoms with Crippen molar-refractivity contribution in [1.82, 2.24) is 24.4 Å². The highest BCUT2D eigenvalue weighted by molar-refractivity contribution is 6.04. The fraction of sp³-hybridized carbons (Fsp3) is 0.250. The van der Waals surface area contributed by atoms with Crippen molar-refractivity contribution in [3.8, 4) is 11.8 Å². The van der Waals surface area contributed by atoms with E-state index in [-0.39, 0.29) is 23.4 Å². The minimum Gasteiger partial charge on any atom is -0.322 e. The molecule has 0 unspecified atom stereocenters. The molecule has 0 aliphatic carbocycles. The van der Waals surface area contributed by atoms with Crippen molar-refractivity contribution < 1.29 is 18.0 Å². The maximum absolute atomic E-state index is 13.9. The second-order valence-corrected chi connectivity index (χ2v) is 9.17. The van der Waals surface area contributed by atoms with E-state index in [9.17, 15) is 18.0 Å². The molecule has 3 heterocycles. The summed E-state index contributed by atoms with van der Waals surface area (Å²) in [4.78, 5) is 21.3. The largest absolute Gasteiger partial charge is 0.416 e. The summed E-state index contributed by atoms with van der Waals surface area (Å²) in [6.07, 6.45) is -1.30. The second-order valence-electron chi connectivity index (χ2n) is 9.17. The third-order valence-electron chi connectivity index (χ3n) is 6.40. The number of carbonyl (C=O) groups is 1. The number of benzene rings is 2. The van der Waals surface area contributed by atoms with Crippen molar-refractivity contribution in [2.45, 2.75) is 12.7 Å².